The molecule has 0 saturated heterocycles. The normalized spacial score (nSPS) is 13.5. The van der Waals surface area contributed by atoms with E-state index in [0.717, 1.165) is 49.4 Å². The molecule has 9 aromatic carbocycles. The van der Waals surface area contributed by atoms with E-state index in [-0.39, 0.29) is 27.6 Å². The maximum absolute atomic E-state index is 9.45. The van der Waals surface area contributed by atoms with E-state index in [9.17, 15) is 5.48 Å². The van der Waals surface area contributed by atoms with Gasteiger partial charge in [0.25, 0.3) is 0 Å². The van der Waals surface area contributed by atoms with E-state index in [1.807, 2.05) is 127 Å². The van der Waals surface area contributed by atoms with Crippen molar-refractivity contribution in [3.8, 4) is 62.1 Å². The number of fused-ring (bicyclic) bond motifs is 6. The first-order valence-corrected chi connectivity index (χ1v) is 18.6. The van der Waals surface area contributed by atoms with E-state index >= 15 is 0 Å². The van der Waals surface area contributed by atoms with Crippen LogP contribution in [0.3, 0.4) is 0 Å². The average Bonchev–Trinajstić information content (AvgIpc) is 3.72. The molecule has 0 aliphatic heterocycles. The van der Waals surface area contributed by atoms with Crippen LogP contribution in [0.15, 0.2) is 206 Å². The third-order valence-electron chi connectivity index (χ3n) is 10.5. The summed E-state index contributed by atoms with van der Waals surface area (Å²) in [5, 5.41) is 4.04. The lowest BCUT2D eigenvalue weighted by atomic mass is 9.94. The van der Waals surface area contributed by atoms with Gasteiger partial charge in [-0.1, -0.05) is 182 Å². The zero-order valence-electron chi connectivity index (χ0n) is 38.3. The maximum atomic E-state index is 9.45. The van der Waals surface area contributed by atoms with Crippen LogP contribution in [0.5, 0.6) is 0 Å². The van der Waals surface area contributed by atoms with Crippen molar-refractivity contribution in [2.24, 2.45) is 0 Å². The molecule has 57 heavy (non-hydrogen) atoms. The van der Waals surface area contributed by atoms with Crippen LogP contribution >= 0.6 is 0 Å². The van der Waals surface area contributed by atoms with Gasteiger partial charge in [-0.05, 0) is 62.5 Å². The SMILES string of the molecule is [2H]c1c([2H])c([2H])c2c(c1[2H])c1c([2H])c([2H])c([2H])c([2H])c1n2-c1c(-c2ccc3ccc4ccccc4c3c2)cccc1-c1nc(-c2ccccc2)nc(-c2ccc(-c3ccccc3)cc2)n1. The zero-order chi connectivity index (χ0) is 44.7. The molecule has 0 atom stereocenters. The van der Waals surface area contributed by atoms with Crippen LogP contribution in [0.25, 0.3) is 105 Å². The van der Waals surface area contributed by atoms with Crippen molar-refractivity contribution in [3.63, 3.8) is 0 Å². The lowest BCUT2D eigenvalue weighted by Gasteiger charge is -2.19. The Morgan fingerprint density at radius 3 is 1.54 bits per heavy atom. The van der Waals surface area contributed by atoms with Gasteiger partial charge in [-0.15, -0.1) is 0 Å². The molecule has 0 unspecified atom stereocenters. The second-order valence-electron chi connectivity index (χ2n) is 13.8. The van der Waals surface area contributed by atoms with Crippen LogP contribution in [0, 0.1) is 0 Å². The summed E-state index contributed by atoms with van der Waals surface area (Å²) in [7, 11) is 0. The molecule has 2 aromatic heterocycles. The minimum absolute atomic E-state index is 0.00741. The average molecular weight is 735 g/mol. The van der Waals surface area contributed by atoms with Crippen LogP contribution in [0.2, 0.25) is 0 Å². The molecule has 4 heteroatoms. The van der Waals surface area contributed by atoms with Gasteiger partial charge in [0.1, 0.15) is 0 Å². The molecular formula is C53H34N4. The highest BCUT2D eigenvalue weighted by Crippen LogP contribution is 2.42. The van der Waals surface area contributed by atoms with E-state index in [1.54, 1.807) is 4.57 Å². The predicted molar refractivity (Wildman–Crippen MR) is 236 cm³/mol. The molecule has 0 aliphatic rings. The molecule has 2 heterocycles. The van der Waals surface area contributed by atoms with Gasteiger partial charge in [0, 0.05) is 33.0 Å². The zero-order valence-corrected chi connectivity index (χ0v) is 30.3. The first-order chi connectivity index (χ1) is 31.6. The van der Waals surface area contributed by atoms with E-state index in [1.165, 1.54) is 0 Å². The number of hydrogen-bond acceptors (Lipinski definition) is 3. The third-order valence-corrected chi connectivity index (χ3v) is 10.5. The molecule has 0 aliphatic carbocycles. The molecular weight excluding hydrogens is 693 g/mol. The summed E-state index contributed by atoms with van der Waals surface area (Å²) in [6.07, 6.45) is 0. The number of rotatable bonds is 6. The van der Waals surface area contributed by atoms with Crippen molar-refractivity contribution in [1.82, 2.24) is 19.5 Å². The molecule has 0 amide bonds. The molecule has 266 valence electrons. The molecule has 0 radical (unpaired) electrons. The fourth-order valence-electron chi connectivity index (χ4n) is 7.80. The molecule has 11 rings (SSSR count). The Kier molecular flexibility index (Phi) is 6.04. The van der Waals surface area contributed by atoms with Crippen molar-refractivity contribution in [2.75, 3.05) is 0 Å². The third kappa shape index (κ3) is 5.66. The summed E-state index contributed by atoms with van der Waals surface area (Å²) < 4.78 is 74.1. The largest absolute Gasteiger partial charge is 0.308 e. The van der Waals surface area contributed by atoms with Gasteiger partial charge in [-0.3, -0.25) is 0 Å². The van der Waals surface area contributed by atoms with Crippen molar-refractivity contribution < 1.29 is 11.0 Å². The van der Waals surface area contributed by atoms with Gasteiger partial charge < -0.3 is 4.57 Å². The maximum Gasteiger partial charge on any atom is 0.166 e. The van der Waals surface area contributed by atoms with E-state index < -0.39 is 48.3 Å². The molecule has 0 N–H and O–H groups in total. The number of para-hydroxylation sites is 3. The summed E-state index contributed by atoms with van der Waals surface area (Å²) in [4.78, 5) is 15.3. The Morgan fingerprint density at radius 2 is 0.842 bits per heavy atom. The van der Waals surface area contributed by atoms with Crippen LogP contribution in [-0.4, -0.2) is 19.5 Å². The summed E-state index contributed by atoms with van der Waals surface area (Å²) in [6, 6.07) is 47.9. The van der Waals surface area contributed by atoms with Crippen LogP contribution < -0.4 is 0 Å². The summed E-state index contributed by atoms with van der Waals surface area (Å²) >= 11 is 0. The quantitative estimate of drug-likeness (QED) is 0.160. The number of benzene rings is 9. The standard InChI is InChI=1S/C53H34N4/c1-3-14-35(15-4-1)36-26-31-40(32-27-36)52-54-51(39-17-5-2-6-18-39)55-53(56-52)46-23-13-22-43(41-33-30-38-29-28-37-16-7-8-19-42(37)47(38)34-41)50(46)57-48-24-11-9-20-44(48)45-21-10-12-25-49(45)57/h1-34H/i9D,10D,11D,12D,20D,21D,24D,25D. The van der Waals surface area contributed by atoms with Gasteiger partial charge in [0.05, 0.1) is 27.7 Å². The summed E-state index contributed by atoms with van der Waals surface area (Å²) in [5.41, 5.74) is 5.67. The minimum atomic E-state index is -0.517. The van der Waals surface area contributed by atoms with Crippen LogP contribution in [-0.2, 0) is 0 Å². The fraction of sp³-hybridized carbons (Fsp3) is 0. The smallest absolute Gasteiger partial charge is 0.166 e. The Morgan fingerprint density at radius 1 is 0.351 bits per heavy atom. The van der Waals surface area contributed by atoms with Gasteiger partial charge in [0.2, 0.25) is 0 Å². The fourth-order valence-corrected chi connectivity index (χ4v) is 7.80. The van der Waals surface area contributed by atoms with E-state index in [4.69, 9.17) is 20.4 Å². The van der Waals surface area contributed by atoms with Crippen LogP contribution in [0.1, 0.15) is 11.0 Å². The predicted octanol–water partition coefficient (Wildman–Crippen LogP) is 13.6. The first kappa shape index (κ1) is 25.4. The molecule has 4 nitrogen and oxygen atoms in total. The molecule has 0 saturated carbocycles. The second kappa shape index (κ2) is 13.6. The minimum Gasteiger partial charge on any atom is -0.308 e. The monoisotopic (exact) mass is 734 g/mol. The first-order valence-electron chi connectivity index (χ1n) is 22.6. The molecule has 0 fully saturated rings. The Balaban J connectivity index is 1.28. The summed E-state index contributed by atoms with van der Waals surface area (Å²) in [6.45, 7) is 0. The highest BCUT2D eigenvalue weighted by atomic mass is 15.1. The molecule has 0 bridgehead atoms. The van der Waals surface area contributed by atoms with E-state index in [2.05, 4.69) is 30.3 Å². The second-order valence-corrected chi connectivity index (χ2v) is 13.8. The lowest BCUT2D eigenvalue weighted by molar-refractivity contribution is 1.06. The van der Waals surface area contributed by atoms with Gasteiger partial charge in [0.15, 0.2) is 17.5 Å². The Bertz CT molecular complexity index is 3670. The lowest BCUT2D eigenvalue weighted by Crippen LogP contribution is -2.05. The van der Waals surface area contributed by atoms with Crippen molar-refractivity contribution in [1.29, 1.82) is 0 Å². The van der Waals surface area contributed by atoms with Gasteiger partial charge in [-0.2, -0.15) is 0 Å². The van der Waals surface area contributed by atoms with Gasteiger partial charge >= 0.3 is 0 Å². The van der Waals surface area contributed by atoms with Crippen molar-refractivity contribution >= 4 is 43.4 Å². The summed E-state index contributed by atoms with van der Waals surface area (Å²) in [5.74, 6) is 1.01. The van der Waals surface area contributed by atoms with E-state index in [0.29, 0.717) is 28.5 Å². The Labute approximate surface area is 341 Å². The number of nitrogens with zero attached hydrogens (tertiary/aromatic N) is 4. The number of hydrogen-bond donors (Lipinski definition) is 0. The van der Waals surface area contributed by atoms with Crippen molar-refractivity contribution in [3.05, 3.63) is 206 Å². The molecule has 11 aromatic rings. The highest BCUT2D eigenvalue weighted by Gasteiger charge is 2.23. The van der Waals surface area contributed by atoms with Crippen LogP contribution in [0.4, 0.5) is 0 Å². The highest BCUT2D eigenvalue weighted by molar-refractivity contribution is 6.12. The molecule has 0 spiro atoms. The topological polar surface area (TPSA) is 43.6 Å². The number of aromatic nitrogens is 4. The van der Waals surface area contributed by atoms with Gasteiger partial charge in [-0.25, -0.2) is 15.0 Å². The van der Waals surface area contributed by atoms with Crippen molar-refractivity contribution in [2.45, 2.75) is 0 Å². The Hall–Kier alpha value is -7.69.